The number of rotatable bonds is 4. The Balaban J connectivity index is 2.01. The molecule has 0 unspecified atom stereocenters. The third-order valence-corrected chi connectivity index (χ3v) is 3.00. The number of nitro groups is 1. The van der Waals surface area contributed by atoms with Crippen molar-refractivity contribution in [2.45, 2.75) is 13.5 Å². The third-order valence-electron chi connectivity index (χ3n) is 2.59. The summed E-state index contributed by atoms with van der Waals surface area (Å²) in [6.45, 7) is 1.75. The van der Waals surface area contributed by atoms with E-state index in [-0.39, 0.29) is 18.1 Å². The van der Waals surface area contributed by atoms with Crippen molar-refractivity contribution in [3.8, 4) is 0 Å². The molecule has 7 nitrogen and oxygen atoms in total. The van der Waals surface area contributed by atoms with Crippen molar-refractivity contribution < 1.29 is 9.72 Å². The minimum Gasteiger partial charge on any atom is -0.324 e. The largest absolute Gasteiger partial charge is 0.324 e. The van der Waals surface area contributed by atoms with Gasteiger partial charge in [0.2, 0.25) is 5.91 Å². The van der Waals surface area contributed by atoms with Crippen molar-refractivity contribution in [3.63, 3.8) is 0 Å². The molecule has 1 aromatic heterocycles. The summed E-state index contributed by atoms with van der Waals surface area (Å²) in [5.74, 6) is -0.345. The Morgan fingerprint density at radius 3 is 2.90 bits per heavy atom. The van der Waals surface area contributed by atoms with Crippen LogP contribution in [0.2, 0.25) is 5.02 Å². The first-order chi connectivity index (χ1) is 9.45. The van der Waals surface area contributed by atoms with E-state index in [9.17, 15) is 14.9 Å². The van der Waals surface area contributed by atoms with E-state index in [1.807, 2.05) is 6.92 Å². The monoisotopic (exact) mass is 294 g/mol. The van der Waals surface area contributed by atoms with Gasteiger partial charge < -0.3 is 5.32 Å². The lowest BCUT2D eigenvalue weighted by atomic mass is 10.2. The molecule has 0 aliphatic carbocycles. The fraction of sp³-hybridized carbons (Fsp3) is 0.167. The molecule has 0 saturated carbocycles. The molecular weight excluding hydrogens is 284 g/mol. The SMILES string of the molecule is Cc1ccc(NC(=O)Cn2cc([N+](=O)[O-])cn2)cc1Cl. The summed E-state index contributed by atoms with van der Waals surface area (Å²) in [6, 6.07) is 5.15. The molecule has 0 saturated heterocycles. The van der Waals surface area contributed by atoms with Gasteiger partial charge in [-0.3, -0.25) is 19.6 Å². The summed E-state index contributed by atoms with van der Waals surface area (Å²) in [6.07, 6.45) is 2.29. The van der Waals surface area contributed by atoms with E-state index in [1.54, 1.807) is 18.2 Å². The van der Waals surface area contributed by atoms with Crippen molar-refractivity contribution in [2.24, 2.45) is 0 Å². The lowest BCUT2D eigenvalue weighted by Crippen LogP contribution is -2.19. The number of benzene rings is 1. The number of hydrogen-bond donors (Lipinski definition) is 1. The second-order valence-electron chi connectivity index (χ2n) is 4.17. The van der Waals surface area contributed by atoms with Gasteiger partial charge in [0.1, 0.15) is 18.9 Å². The van der Waals surface area contributed by atoms with Crippen LogP contribution < -0.4 is 5.32 Å². The molecule has 1 N–H and O–H groups in total. The van der Waals surface area contributed by atoms with Crippen molar-refractivity contribution in [2.75, 3.05) is 5.32 Å². The molecule has 0 spiro atoms. The number of carbonyl (C=O) groups excluding carboxylic acids is 1. The highest BCUT2D eigenvalue weighted by Gasteiger charge is 2.11. The predicted octanol–water partition coefficient (Wildman–Crippen LogP) is 2.39. The number of nitrogens with one attached hydrogen (secondary N) is 1. The second kappa shape index (κ2) is 5.70. The lowest BCUT2D eigenvalue weighted by Gasteiger charge is -2.06. The number of aryl methyl sites for hydroxylation is 1. The average Bonchev–Trinajstić information content (AvgIpc) is 2.82. The zero-order chi connectivity index (χ0) is 14.7. The van der Waals surface area contributed by atoms with Gasteiger partial charge in [-0.1, -0.05) is 17.7 Å². The second-order valence-corrected chi connectivity index (χ2v) is 4.57. The van der Waals surface area contributed by atoms with E-state index >= 15 is 0 Å². The molecule has 20 heavy (non-hydrogen) atoms. The Kier molecular flexibility index (Phi) is 3.99. The van der Waals surface area contributed by atoms with E-state index in [2.05, 4.69) is 10.4 Å². The van der Waals surface area contributed by atoms with Crippen LogP contribution in [0.25, 0.3) is 0 Å². The van der Waals surface area contributed by atoms with E-state index in [4.69, 9.17) is 11.6 Å². The van der Waals surface area contributed by atoms with Crippen LogP contribution in [0.5, 0.6) is 0 Å². The van der Waals surface area contributed by atoms with Crippen molar-refractivity contribution in [1.29, 1.82) is 0 Å². The molecule has 1 amide bonds. The maximum Gasteiger partial charge on any atom is 0.307 e. The molecule has 8 heteroatoms. The normalized spacial score (nSPS) is 10.3. The Hall–Kier alpha value is -2.41. The molecule has 0 aliphatic rings. The smallest absolute Gasteiger partial charge is 0.307 e. The highest BCUT2D eigenvalue weighted by molar-refractivity contribution is 6.31. The molecule has 0 aliphatic heterocycles. The number of aromatic nitrogens is 2. The van der Waals surface area contributed by atoms with Gasteiger partial charge in [-0.15, -0.1) is 0 Å². The van der Waals surface area contributed by atoms with Crippen LogP contribution in [0, 0.1) is 17.0 Å². The number of carbonyl (C=O) groups is 1. The quantitative estimate of drug-likeness (QED) is 0.692. The van der Waals surface area contributed by atoms with Gasteiger partial charge in [-0.05, 0) is 24.6 Å². The number of hydrogen-bond acceptors (Lipinski definition) is 4. The van der Waals surface area contributed by atoms with Gasteiger partial charge >= 0.3 is 5.69 Å². The van der Waals surface area contributed by atoms with E-state index in [0.29, 0.717) is 10.7 Å². The molecule has 1 aromatic carbocycles. The van der Waals surface area contributed by atoms with Crippen molar-refractivity contribution >= 4 is 28.9 Å². The van der Waals surface area contributed by atoms with Crippen LogP contribution in [0.15, 0.2) is 30.6 Å². The van der Waals surface area contributed by atoms with Crippen LogP contribution in [0.4, 0.5) is 11.4 Å². The average molecular weight is 295 g/mol. The molecular formula is C12H11ClN4O3. The Bertz CT molecular complexity index is 668. The van der Waals surface area contributed by atoms with E-state index in [0.717, 1.165) is 11.8 Å². The summed E-state index contributed by atoms with van der Waals surface area (Å²) >= 11 is 5.95. The molecule has 0 radical (unpaired) electrons. The van der Waals surface area contributed by atoms with Gasteiger partial charge in [-0.2, -0.15) is 5.10 Å². The molecule has 104 valence electrons. The van der Waals surface area contributed by atoms with E-state index < -0.39 is 4.92 Å². The summed E-state index contributed by atoms with van der Waals surface area (Å²) < 4.78 is 1.20. The molecule has 1 heterocycles. The van der Waals surface area contributed by atoms with Crippen molar-refractivity contribution in [3.05, 3.63) is 51.3 Å². The van der Waals surface area contributed by atoms with E-state index in [1.165, 1.54) is 10.9 Å². The maximum absolute atomic E-state index is 11.8. The van der Waals surface area contributed by atoms with Gasteiger partial charge in [-0.25, -0.2) is 0 Å². The van der Waals surface area contributed by atoms with Crippen LogP contribution in [-0.2, 0) is 11.3 Å². The number of anilines is 1. The lowest BCUT2D eigenvalue weighted by molar-refractivity contribution is -0.385. The molecule has 2 rings (SSSR count). The minimum atomic E-state index is -0.568. The fourth-order valence-electron chi connectivity index (χ4n) is 1.55. The first-order valence-corrected chi connectivity index (χ1v) is 6.06. The zero-order valence-corrected chi connectivity index (χ0v) is 11.3. The van der Waals surface area contributed by atoms with Gasteiger partial charge in [0, 0.05) is 10.7 Å². The summed E-state index contributed by atoms with van der Waals surface area (Å²) in [7, 11) is 0. The number of halogens is 1. The van der Waals surface area contributed by atoms with Crippen LogP contribution in [0.1, 0.15) is 5.56 Å². The fourth-order valence-corrected chi connectivity index (χ4v) is 1.73. The highest BCUT2D eigenvalue weighted by atomic mass is 35.5. The maximum atomic E-state index is 11.8. The van der Waals surface area contributed by atoms with Crippen LogP contribution in [-0.4, -0.2) is 20.6 Å². The molecule has 0 atom stereocenters. The van der Waals surface area contributed by atoms with Crippen LogP contribution >= 0.6 is 11.6 Å². The highest BCUT2D eigenvalue weighted by Crippen LogP contribution is 2.19. The topological polar surface area (TPSA) is 90.1 Å². The number of amides is 1. The first-order valence-electron chi connectivity index (χ1n) is 5.68. The minimum absolute atomic E-state index is 0.112. The Morgan fingerprint density at radius 2 is 2.30 bits per heavy atom. The summed E-state index contributed by atoms with van der Waals surface area (Å²) in [4.78, 5) is 21.7. The van der Waals surface area contributed by atoms with Crippen molar-refractivity contribution in [1.82, 2.24) is 9.78 Å². The summed E-state index contributed by atoms with van der Waals surface area (Å²) in [5.41, 5.74) is 1.32. The van der Waals surface area contributed by atoms with Gasteiger partial charge in [0.25, 0.3) is 0 Å². The summed E-state index contributed by atoms with van der Waals surface area (Å²) in [5, 5.41) is 17.4. The van der Waals surface area contributed by atoms with Gasteiger partial charge in [0.15, 0.2) is 0 Å². The third kappa shape index (κ3) is 3.33. The van der Waals surface area contributed by atoms with Crippen LogP contribution in [0.3, 0.4) is 0 Å². The Labute approximate surface area is 119 Å². The van der Waals surface area contributed by atoms with Gasteiger partial charge in [0.05, 0.1) is 4.92 Å². The molecule has 0 bridgehead atoms. The molecule has 2 aromatic rings. The molecule has 0 fully saturated rings. The zero-order valence-electron chi connectivity index (χ0n) is 10.5. The Morgan fingerprint density at radius 1 is 1.55 bits per heavy atom. The first kappa shape index (κ1) is 14.0. The standard InChI is InChI=1S/C12H11ClN4O3/c1-8-2-3-9(4-11(8)13)15-12(18)7-16-6-10(5-14-16)17(19)20/h2-6H,7H2,1H3,(H,15,18). The predicted molar refractivity (Wildman–Crippen MR) is 73.7 cm³/mol. The number of nitrogens with zero attached hydrogens (tertiary/aromatic N) is 3.